The van der Waals surface area contributed by atoms with E-state index in [0.717, 1.165) is 59.9 Å². The van der Waals surface area contributed by atoms with Crippen molar-refractivity contribution in [3.8, 4) is 0 Å². The molecule has 3 aliphatic rings. The van der Waals surface area contributed by atoms with Crippen molar-refractivity contribution in [3.05, 3.63) is 80.6 Å². The number of anilines is 2. The number of hydrogen-bond acceptors (Lipinski definition) is 4. The van der Waals surface area contributed by atoms with Crippen LogP contribution >= 0.6 is 48.0 Å². The molecular weight excluding hydrogens is 642 g/mol. The van der Waals surface area contributed by atoms with Crippen LogP contribution in [-0.4, -0.2) is 23.1 Å². The van der Waals surface area contributed by atoms with E-state index in [-0.39, 0.29) is 24.8 Å². The standard InChI is InChI=1S/C37H42Cl2N4.2ClH/c1-23-17-24-19-25(18-23)35-34(20-24)43-33-22-27(39)12-14-30(33)37(35)41-16-8-4-2-3-7-15-40-36-28-9-5-6-10-31(28)42-32-21-26(38)11-13-29(32)36;;/h11-14,17,21-22,24-25H,2-10,15-16,18-20H2,1H3,(H,40,42)(H,41,43);2*1H/t24-,25+;;/m1../s1. The number of aryl methyl sites for hydroxylation is 1. The van der Waals surface area contributed by atoms with Gasteiger partial charge in [-0.15, -0.1) is 24.8 Å². The lowest BCUT2D eigenvalue weighted by molar-refractivity contribution is 0.433. The van der Waals surface area contributed by atoms with Crippen molar-refractivity contribution in [2.75, 3.05) is 23.7 Å². The van der Waals surface area contributed by atoms with Crippen LogP contribution in [0.2, 0.25) is 10.0 Å². The van der Waals surface area contributed by atoms with Gasteiger partial charge in [0.2, 0.25) is 0 Å². The highest BCUT2D eigenvalue weighted by Gasteiger charge is 2.33. The Balaban J connectivity index is 0.00000200. The third-order valence-corrected chi connectivity index (χ3v) is 10.3. The Bertz CT molecular complexity index is 1700. The van der Waals surface area contributed by atoms with E-state index in [1.54, 1.807) is 0 Å². The maximum absolute atomic E-state index is 6.38. The van der Waals surface area contributed by atoms with Crippen molar-refractivity contribution < 1.29 is 0 Å². The van der Waals surface area contributed by atoms with Gasteiger partial charge in [0.05, 0.1) is 11.0 Å². The first-order chi connectivity index (χ1) is 21.0. The molecule has 2 aromatic heterocycles. The zero-order chi connectivity index (χ0) is 29.3. The molecule has 0 saturated carbocycles. The minimum atomic E-state index is 0. The number of nitrogens with zero attached hydrogens (tertiary/aromatic N) is 2. The summed E-state index contributed by atoms with van der Waals surface area (Å²) in [5, 5.41) is 11.6. The zero-order valence-corrected chi connectivity index (χ0v) is 29.2. The van der Waals surface area contributed by atoms with Crippen LogP contribution in [0.5, 0.6) is 0 Å². The molecule has 2 heterocycles. The van der Waals surface area contributed by atoms with Crippen LogP contribution in [-0.2, 0) is 19.3 Å². The van der Waals surface area contributed by atoms with Crippen molar-refractivity contribution in [2.45, 2.75) is 89.9 Å². The average Bonchev–Trinajstić information content (AvgIpc) is 2.98. The molecule has 0 radical (unpaired) electrons. The lowest BCUT2D eigenvalue weighted by Gasteiger charge is -2.36. The molecule has 0 unspecified atom stereocenters. The maximum atomic E-state index is 6.38. The molecule has 0 spiro atoms. The Labute approximate surface area is 290 Å². The Kier molecular flexibility index (Phi) is 11.5. The SMILES string of the molecule is CC1=C[C@H]2Cc3nc4cc(Cl)ccc4c(NCCCCCCCNc4c5c(nc6cc(Cl)ccc46)CCCC5)c3[C@@H](C1)C2.Cl.Cl. The highest BCUT2D eigenvalue weighted by molar-refractivity contribution is 6.31. The second-order valence-corrected chi connectivity index (χ2v) is 13.9. The second-order valence-electron chi connectivity index (χ2n) is 13.0. The predicted octanol–water partition coefficient (Wildman–Crippen LogP) is 11.3. The molecule has 240 valence electrons. The van der Waals surface area contributed by atoms with Crippen molar-refractivity contribution in [1.29, 1.82) is 0 Å². The predicted molar refractivity (Wildman–Crippen MR) is 198 cm³/mol. The molecule has 7 rings (SSSR count). The molecule has 0 amide bonds. The van der Waals surface area contributed by atoms with Gasteiger partial charge in [0.25, 0.3) is 0 Å². The summed E-state index contributed by atoms with van der Waals surface area (Å²) in [7, 11) is 0. The number of allylic oxidation sites excluding steroid dienone is 2. The van der Waals surface area contributed by atoms with E-state index in [9.17, 15) is 0 Å². The molecule has 0 fully saturated rings. The number of pyridine rings is 2. The highest BCUT2D eigenvalue weighted by atomic mass is 35.5. The third-order valence-electron chi connectivity index (χ3n) is 9.79. The van der Waals surface area contributed by atoms with Gasteiger partial charge in [-0.05, 0) is 119 Å². The van der Waals surface area contributed by atoms with E-state index in [1.165, 1.54) is 102 Å². The fraction of sp³-hybridized carbons (Fsp3) is 0.459. The van der Waals surface area contributed by atoms with Gasteiger partial charge >= 0.3 is 0 Å². The first-order valence-electron chi connectivity index (χ1n) is 16.4. The summed E-state index contributed by atoms with van der Waals surface area (Å²) in [6.07, 6.45) is 16.7. The lowest BCUT2D eigenvalue weighted by Crippen LogP contribution is -2.24. The van der Waals surface area contributed by atoms with E-state index in [0.29, 0.717) is 11.8 Å². The van der Waals surface area contributed by atoms with Crippen LogP contribution in [0.1, 0.15) is 93.1 Å². The molecule has 4 nitrogen and oxygen atoms in total. The maximum Gasteiger partial charge on any atom is 0.0741 e. The molecule has 2 bridgehead atoms. The van der Waals surface area contributed by atoms with Crippen molar-refractivity contribution in [1.82, 2.24) is 9.97 Å². The van der Waals surface area contributed by atoms with E-state index < -0.39 is 0 Å². The Morgan fingerprint density at radius 1 is 0.733 bits per heavy atom. The van der Waals surface area contributed by atoms with Crippen LogP contribution in [0.4, 0.5) is 11.4 Å². The summed E-state index contributed by atoms with van der Waals surface area (Å²) < 4.78 is 0. The summed E-state index contributed by atoms with van der Waals surface area (Å²) >= 11 is 12.7. The Hall–Kier alpha value is -2.24. The lowest BCUT2D eigenvalue weighted by atomic mass is 9.71. The summed E-state index contributed by atoms with van der Waals surface area (Å²) in [5.41, 5.74) is 11.6. The summed E-state index contributed by atoms with van der Waals surface area (Å²) in [5.74, 6) is 1.19. The third kappa shape index (κ3) is 7.35. The van der Waals surface area contributed by atoms with E-state index in [2.05, 4.69) is 35.8 Å². The Morgan fingerprint density at radius 3 is 2.04 bits per heavy atom. The zero-order valence-electron chi connectivity index (χ0n) is 26.1. The topological polar surface area (TPSA) is 49.8 Å². The molecule has 0 saturated heterocycles. The van der Waals surface area contributed by atoms with Gasteiger partial charge in [0, 0.05) is 62.2 Å². The molecule has 2 aromatic carbocycles. The fourth-order valence-electron chi connectivity index (χ4n) is 7.88. The highest BCUT2D eigenvalue weighted by Crippen LogP contribution is 2.47. The van der Waals surface area contributed by atoms with Gasteiger partial charge in [0.1, 0.15) is 0 Å². The molecule has 45 heavy (non-hydrogen) atoms. The number of rotatable bonds is 10. The number of benzene rings is 2. The minimum Gasteiger partial charge on any atom is -0.384 e. The number of aromatic nitrogens is 2. The monoisotopic (exact) mass is 684 g/mol. The average molecular weight is 687 g/mol. The van der Waals surface area contributed by atoms with Gasteiger partial charge in [0.15, 0.2) is 0 Å². The second kappa shape index (κ2) is 15.1. The van der Waals surface area contributed by atoms with Crippen molar-refractivity contribution in [3.63, 3.8) is 0 Å². The van der Waals surface area contributed by atoms with Gasteiger partial charge in [-0.1, -0.05) is 54.1 Å². The number of fused-ring (bicyclic) bond motifs is 7. The molecule has 3 aliphatic carbocycles. The molecule has 8 heteroatoms. The molecule has 4 aromatic rings. The summed E-state index contributed by atoms with van der Waals surface area (Å²) in [6.45, 7) is 4.29. The van der Waals surface area contributed by atoms with Crippen LogP contribution in [0.25, 0.3) is 21.8 Å². The normalized spacial score (nSPS) is 18.3. The van der Waals surface area contributed by atoms with Gasteiger partial charge in [-0.2, -0.15) is 0 Å². The minimum absolute atomic E-state index is 0. The first-order valence-corrected chi connectivity index (χ1v) is 17.2. The number of halogens is 4. The first kappa shape index (κ1) is 34.1. The van der Waals surface area contributed by atoms with Crippen LogP contribution < -0.4 is 10.6 Å². The Morgan fingerprint density at radius 2 is 1.33 bits per heavy atom. The quantitative estimate of drug-likeness (QED) is 0.129. The summed E-state index contributed by atoms with van der Waals surface area (Å²) in [4.78, 5) is 10.1. The molecule has 2 atom stereocenters. The van der Waals surface area contributed by atoms with Crippen LogP contribution in [0, 0.1) is 5.92 Å². The molecule has 0 aliphatic heterocycles. The van der Waals surface area contributed by atoms with Crippen LogP contribution in [0.3, 0.4) is 0 Å². The van der Waals surface area contributed by atoms with Crippen molar-refractivity contribution in [2.24, 2.45) is 5.92 Å². The van der Waals surface area contributed by atoms with Gasteiger partial charge in [-0.3, -0.25) is 9.97 Å². The molecule has 2 N–H and O–H groups in total. The molecular formula is C37H44Cl4N4. The van der Waals surface area contributed by atoms with E-state index in [4.69, 9.17) is 33.2 Å². The van der Waals surface area contributed by atoms with E-state index in [1.807, 2.05) is 24.3 Å². The van der Waals surface area contributed by atoms with Crippen molar-refractivity contribution >= 4 is 81.2 Å². The number of nitrogens with one attached hydrogen (secondary N) is 2. The van der Waals surface area contributed by atoms with Gasteiger partial charge in [-0.25, -0.2) is 0 Å². The van der Waals surface area contributed by atoms with Crippen LogP contribution in [0.15, 0.2) is 48.0 Å². The fourth-order valence-corrected chi connectivity index (χ4v) is 8.22. The largest absolute Gasteiger partial charge is 0.384 e. The summed E-state index contributed by atoms with van der Waals surface area (Å²) in [6, 6.07) is 12.3. The smallest absolute Gasteiger partial charge is 0.0741 e. The van der Waals surface area contributed by atoms with Gasteiger partial charge < -0.3 is 10.6 Å². The number of unbranched alkanes of at least 4 members (excludes halogenated alkanes) is 4. The van der Waals surface area contributed by atoms with E-state index >= 15 is 0 Å². The number of hydrogen-bond donors (Lipinski definition) is 2.